The third kappa shape index (κ3) is 3.59. The van der Waals surface area contributed by atoms with Gasteiger partial charge in [-0.25, -0.2) is 9.59 Å². The van der Waals surface area contributed by atoms with Crippen molar-refractivity contribution in [2.75, 3.05) is 14.2 Å². The first-order valence-corrected chi connectivity index (χ1v) is 8.46. The smallest absolute Gasteiger partial charge is 0.374 e. The van der Waals surface area contributed by atoms with Gasteiger partial charge in [0.15, 0.2) is 0 Å². The fourth-order valence-corrected chi connectivity index (χ4v) is 3.06. The molecule has 0 saturated heterocycles. The number of Topliss-reactive ketones (excluding diaryl/α,β-unsaturated/α-hetero) is 1. The zero-order valence-electron chi connectivity index (χ0n) is 15.3. The second-order valence-electron chi connectivity index (χ2n) is 6.09. The molecule has 0 fully saturated rings. The number of carbonyl (C=O) groups excluding carboxylic acids is 2. The minimum Gasteiger partial charge on any atom is -0.507 e. The van der Waals surface area contributed by atoms with E-state index in [1.165, 1.54) is 7.11 Å². The van der Waals surface area contributed by atoms with Gasteiger partial charge in [-0.3, -0.25) is 4.79 Å². The van der Waals surface area contributed by atoms with E-state index >= 15 is 0 Å². The van der Waals surface area contributed by atoms with Crippen LogP contribution in [-0.4, -0.2) is 31.1 Å². The topological polar surface area (TPSA) is 103 Å². The predicted molar refractivity (Wildman–Crippen MR) is 101 cm³/mol. The Morgan fingerprint density at radius 1 is 1.07 bits per heavy atom. The number of para-hydroxylation sites is 1. The van der Waals surface area contributed by atoms with Crippen LogP contribution in [0.2, 0.25) is 0 Å². The number of carbonyl (C=O) groups is 2. The number of esters is 1. The van der Waals surface area contributed by atoms with Crippen LogP contribution in [-0.2, 0) is 14.3 Å². The fraction of sp³-hybridized carbons (Fsp3) is 0.190. The number of fused-ring (bicyclic) bond motifs is 1. The van der Waals surface area contributed by atoms with E-state index in [0.29, 0.717) is 16.7 Å². The first-order chi connectivity index (χ1) is 13.5. The minimum atomic E-state index is -1.02. The zero-order valence-corrected chi connectivity index (χ0v) is 15.3. The molecule has 2 aromatic carbocycles. The summed E-state index contributed by atoms with van der Waals surface area (Å²) >= 11 is 0. The largest absolute Gasteiger partial charge is 0.507 e. The molecule has 0 saturated carbocycles. The first-order valence-electron chi connectivity index (χ1n) is 8.46. The van der Waals surface area contributed by atoms with Gasteiger partial charge in [0.1, 0.15) is 17.1 Å². The van der Waals surface area contributed by atoms with E-state index in [1.54, 1.807) is 48.5 Å². The van der Waals surface area contributed by atoms with Crippen LogP contribution in [0.25, 0.3) is 11.0 Å². The molecule has 0 amide bonds. The summed E-state index contributed by atoms with van der Waals surface area (Å²) in [7, 11) is 2.61. The van der Waals surface area contributed by atoms with Crippen LogP contribution < -0.4 is 10.4 Å². The van der Waals surface area contributed by atoms with Crippen molar-refractivity contribution in [1.29, 1.82) is 0 Å². The summed E-state index contributed by atoms with van der Waals surface area (Å²) in [6.45, 7) is 0. The van der Waals surface area contributed by atoms with Gasteiger partial charge in [0.2, 0.25) is 5.78 Å². The fourth-order valence-electron chi connectivity index (χ4n) is 3.06. The van der Waals surface area contributed by atoms with Crippen molar-refractivity contribution in [1.82, 2.24) is 0 Å². The van der Waals surface area contributed by atoms with Gasteiger partial charge in [0.05, 0.1) is 25.2 Å². The summed E-state index contributed by atoms with van der Waals surface area (Å²) in [5, 5.41) is 11.1. The Morgan fingerprint density at radius 3 is 2.39 bits per heavy atom. The number of hydrogen-bond acceptors (Lipinski definition) is 7. The van der Waals surface area contributed by atoms with Crippen molar-refractivity contribution in [3.05, 3.63) is 70.1 Å². The molecule has 0 bridgehead atoms. The second-order valence-corrected chi connectivity index (χ2v) is 6.09. The van der Waals surface area contributed by atoms with Crippen LogP contribution in [0.15, 0.2) is 57.7 Å². The summed E-state index contributed by atoms with van der Waals surface area (Å²) in [4.78, 5) is 36.5. The standard InChI is InChI=1S/C21H18O7/c1-26-13-9-7-12(8-10-13)15(11-16(22)20(24)27-2)18-19(23)14-5-3-4-6-17(14)28-21(18)25/h3-10,15,23H,11H2,1-2H3. The van der Waals surface area contributed by atoms with Gasteiger partial charge in [-0.2, -0.15) is 0 Å². The lowest BCUT2D eigenvalue weighted by atomic mass is 9.86. The third-order valence-electron chi connectivity index (χ3n) is 4.49. The highest BCUT2D eigenvalue weighted by Crippen LogP contribution is 2.36. The number of methoxy groups -OCH3 is 2. The van der Waals surface area contributed by atoms with E-state index < -0.39 is 23.3 Å². The molecular weight excluding hydrogens is 364 g/mol. The number of benzene rings is 2. The molecule has 1 unspecified atom stereocenters. The molecule has 7 heteroatoms. The van der Waals surface area contributed by atoms with Gasteiger partial charge in [-0.1, -0.05) is 24.3 Å². The SMILES string of the molecule is COC(=O)C(=O)CC(c1ccc(OC)cc1)c1c(O)c2ccccc2oc1=O. The highest BCUT2D eigenvalue weighted by Gasteiger charge is 2.29. The Kier molecular flexibility index (Phi) is 5.44. The number of ether oxygens (including phenoxy) is 2. The average Bonchev–Trinajstić information content (AvgIpc) is 2.72. The number of rotatable bonds is 6. The summed E-state index contributed by atoms with van der Waals surface area (Å²) in [5.41, 5.74) is -0.117. The lowest BCUT2D eigenvalue weighted by molar-refractivity contribution is -0.151. The summed E-state index contributed by atoms with van der Waals surface area (Å²) in [6, 6.07) is 13.1. The van der Waals surface area contributed by atoms with Gasteiger partial charge in [0.25, 0.3) is 0 Å². The molecule has 0 spiro atoms. The van der Waals surface area contributed by atoms with Crippen LogP contribution in [0.3, 0.4) is 0 Å². The zero-order chi connectivity index (χ0) is 20.3. The molecule has 0 radical (unpaired) electrons. The highest BCUT2D eigenvalue weighted by atomic mass is 16.5. The number of hydrogen-bond donors (Lipinski definition) is 1. The van der Waals surface area contributed by atoms with Gasteiger partial charge in [-0.05, 0) is 29.8 Å². The van der Waals surface area contributed by atoms with Crippen LogP contribution in [0, 0.1) is 0 Å². The molecule has 144 valence electrons. The number of aromatic hydroxyl groups is 1. The maximum absolute atomic E-state index is 12.6. The first kappa shape index (κ1) is 19.2. The third-order valence-corrected chi connectivity index (χ3v) is 4.49. The van der Waals surface area contributed by atoms with E-state index in [2.05, 4.69) is 4.74 Å². The Balaban J connectivity index is 2.18. The lowest BCUT2D eigenvalue weighted by Crippen LogP contribution is -2.22. The van der Waals surface area contributed by atoms with Crippen molar-refractivity contribution < 1.29 is 28.6 Å². The van der Waals surface area contributed by atoms with Gasteiger partial charge in [0, 0.05) is 12.3 Å². The van der Waals surface area contributed by atoms with Crippen molar-refractivity contribution in [3.8, 4) is 11.5 Å². The maximum Gasteiger partial charge on any atom is 0.374 e. The average molecular weight is 382 g/mol. The van der Waals surface area contributed by atoms with Crippen molar-refractivity contribution in [2.24, 2.45) is 0 Å². The van der Waals surface area contributed by atoms with Crippen molar-refractivity contribution >= 4 is 22.7 Å². The summed E-state index contributed by atoms with van der Waals surface area (Å²) in [5.74, 6) is -2.46. The molecule has 1 atom stereocenters. The van der Waals surface area contributed by atoms with E-state index in [4.69, 9.17) is 9.15 Å². The van der Waals surface area contributed by atoms with Gasteiger partial charge < -0.3 is 19.0 Å². The van der Waals surface area contributed by atoms with E-state index in [0.717, 1.165) is 7.11 Å². The lowest BCUT2D eigenvalue weighted by Gasteiger charge is -2.18. The molecule has 0 aliphatic carbocycles. The van der Waals surface area contributed by atoms with Crippen LogP contribution in [0.1, 0.15) is 23.5 Å². The molecular formula is C21H18O7. The quantitative estimate of drug-likeness (QED) is 0.397. The molecule has 3 aromatic rings. The van der Waals surface area contributed by atoms with Gasteiger partial charge in [-0.15, -0.1) is 0 Å². The summed E-state index contributed by atoms with van der Waals surface area (Å²) < 4.78 is 14.9. The Morgan fingerprint density at radius 2 is 1.75 bits per heavy atom. The minimum absolute atomic E-state index is 0.0962. The highest BCUT2D eigenvalue weighted by molar-refractivity contribution is 6.33. The van der Waals surface area contributed by atoms with E-state index in [-0.39, 0.29) is 23.3 Å². The summed E-state index contributed by atoms with van der Waals surface area (Å²) in [6.07, 6.45) is -0.365. The second kappa shape index (κ2) is 7.96. The van der Waals surface area contributed by atoms with Gasteiger partial charge >= 0.3 is 11.6 Å². The van der Waals surface area contributed by atoms with Crippen LogP contribution in [0.5, 0.6) is 11.5 Å². The van der Waals surface area contributed by atoms with E-state index in [1.807, 2.05) is 0 Å². The normalized spacial score (nSPS) is 11.8. The molecule has 1 heterocycles. The van der Waals surface area contributed by atoms with Crippen molar-refractivity contribution in [2.45, 2.75) is 12.3 Å². The molecule has 3 rings (SSSR count). The Labute approximate surface area is 160 Å². The molecule has 0 aliphatic rings. The molecule has 1 aromatic heterocycles. The van der Waals surface area contributed by atoms with Crippen LogP contribution >= 0.6 is 0 Å². The molecule has 1 N–H and O–H groups in total. The number of ketones is 1. The molecule has 0 aliphatic heterocycles. The van der Waals surface area contributed by atoms with Crippen molar-refractivity contribution in [3.63, 3.8) is 0 Å². The van der Waals surface area contributed by atoms with E-state index in [9.17, 15) is 19.5 Å². The predicted octanol–water partition coefficient (Wildman–Crippen LogP) is 2.77. The van der Waals surface area contributed by atoms with Crippen LogP contribution in [0.4, 0.5) is 0 Å². The molecule has 28 heavy (non-hydrogen) atoms. The maximum atomic E-state index is 12.6. The Hall–Kier alpha value is -3.61. The monoisotopic (exact) mass is 382 g/mol. The Bertz CT molecular complexity index is 1080. The molecule has 7 nitrogen and oxygen atoms in total.